The van der Waals surface area contributed by atoms with Crippen LogP contribution in [0.15, 0.2) is 47.1 Å². The summed E-state index contributed by atoms with van der Waals surface area (Å²) in [7, 11) is 0. The van der Waals surface area contributed by atoms with Crippen molar-refractivity contribution in [1.82, 2.24) is 0 Å². The smallest absolute Gasteiger partial charge is 0.228 e. The Labute approximate surface area is 135 Å². The SMILES string of the molecule is Cc1ccc2c(CC(=O)Nc3ccc4c(c3)CCC4)coc2c1. The van der Waals surface area contributed by atoms with E-state index in [0.29, 0.717) is 6.42 Å². The van der Waals surface area contributed by atoms with Crippen LogP contribution in [0.3, 0.4) is 0 Å². The van der Waals surface area contributed by atoms with E-state index >= 15 is 0 Å². The van der Waals surface area contributed by atoms with E-state index in [2.05, 4.69) is 17.4 Å². The molecule has 2 aromatic carbocycles. The fraction of sp³-hybridized carbons (Fsp3) is 0.250. The molecular formula is C20H19NO2. The lowest BCUT2D eigenvalue weighted by molar-refractivity contribution is -0.115. The van der Waals surface area contributed by atoms with Crippen molar-refractivity contribution >= 4 is 22.6 Å². The Hall–Kier alpha value is -2.55. The van der Waals surface area contributed by atoms with Crippen molar-refractivity contribution in [2.75, 3.05) is 5.32 Å². The molecule has 116 valence electrons. The van der Waals surface area contributed by atoms with Gasteiger partial charge in [0.25, 0.3) is 0 Å². The number of nitrogens with one attached hydrogen (secondary N) is 1. The van der Waals surface area contributed by atoms with E-state index in [9.17, 15) is 4.79 Å². The van der Waals surface area contributed by atoms with Crippen LogP contribution in [-0.4, -0.2) is 5.91 Å². The molecule has 3 nitrogen and oxygen atoms in total. The summed E-state index contributed by atoms with van der Waals surface area (Å²) in [6.07, 6.45) is 5.50. The van der Waals surface area contributed by atoms with Gasteiger partial charge in [0, 0.05) is 16.6 Å². The third-order valence-corrected chi connectivity index (χ3v) is 4.54. The van der Waals surface area contributed by atoms with Gasteiger partial charge in [-0.15, -0.1) is 0 Å². The first-order valence-corrected chi connectivity index (χ1v) is 8.07. The number of hydrogen-bond donors (Lipinski definition) is 1. The van der Waals surface area contributed by atoms with Gasteiger partial charge >= 0.3 is 0 Å². The first-order chi connectivity index (χ1) is 11.2. The predicted molar refractivity (Wildman–Crippen MR) is 91.8 cm³/mol. The lowest BCUT2D eigenvalue weighted by atomic mass is 10.1. The molecule has 0 fully saturated rings. The van der Waals surface area contributed by atoms with Gasteiger partial charge in [-0.05, 0) is 61.1 Å². The van der Waals surface area contributed by atoms with E-state index in [4.69, 9.17) is 4.42 Å². The Morgan fingerprint density at radius 3 is 2.91 bits per heavy atom. The summed E-state index contributed by atoms with van der Waals surface area (Å²) < 4.78 is 5.56. The molecule has 1 amide bonds. The van der Waals surface area contributed by atoms with Crippen molar-refractivity contribution in [3.63, 3.8) is 0 Å². The van der Waals surface area contributed by atoms with Gasteiger partial charge in [0.1, 0.15) is 5.58 Å². The monoisotopic (exact) mass is 305 g/mol. The summed E-state index contributed by atoms with van der Waals surface area (Å²) in [6.45, 7) is 2.03. The molecule has 0 unspecified atom stereocenters. The second-order valence-electron chi connectivity index (χ2n) is 6.32. The highest BCUT2D eigenvalue weighted by Crippen LogP contribution is 2.26. The maximum Gasteiger partial charge on any atom is 0.228 e. The van der Waals surface area contributed by atoms with Crippen LogP contribution in [0.1, 0.15) is 28.7 Å². The maximum atomic E-state index is 12.3. The van der Waals surface area contributed by atoms with Crippen molar-refractivity contribution < 1.29 is 9.21 Å². The van der Waals surface area contributed by atoms with Crippen LogP contribution in [-0.2, 0) is 24.1 Å². The van der Waals surface area contributed by atoms with Gasteiger partial charge in [-0.3, -0.25) is 4.79 Å². The van der Waals surface area contributed by atoms with Crippen molar-refractivity contribution in [3.8, 4) is 0 Å². The number of amides is 1. The molecule has 1 heterocycles. The van der Waals surface area contributed by atoms with Gasteiger partial charge < -0.3 is 9.73 Å². The van der Waals surface area contributed by atoms with E-state index < -0.39 is 0 Å². The van der Waals surface area contributed by atoms with Gasteiger partial charge in [0.05, 0.1) is 12.7 Å². The zero-order chi connectivity index (χ0) is 15.8. The molecule has 0 spiro atoms. The zero-order valence-corrected chi connectivity index (χ0v) is 13.2. The van der Waals surface area contributed by atoms with E-state index in [-0.39, 0.29) is 5.91 Å². The van der Waals surface area contributed by atoms with Crippen LogP contribution >= 0.6 is 0 Å². The molecule has 3 heteroatoms. The summed E-state index contributed by atoms with van der Waals surface area (Å²) in [5.41, 5.74) is 6.59. The molecule has 0 bridgehead atoms. The number of anilines is 1. The molecule has 0 radical (unpaired) electrons. The van der Waals surface area contributed by atoms with Crippen LogP contribution in [0.2, 0.25) is 0 Å². The number of benzene rings is 2. The molecular weight excluding hydrogens is 286 g/mol. The quantitative estimate of drug-likeness (QED) is 0.778. The number of carbonyl (C=O) groups excluding carboxylic acids is 1. The highest BCUT2D eigenvalue weighted by molar-refractivity contribution is 5.95. The molecule has 0 atom stereocenters. The zero-order valence-electron chi connectivity index (χ0n) is 13.2. The molecule has 23 heavy (non-hydrogen) atoms. The van der Waals surface area contributed by atoms with Crippen LogP contribution < -0.4 is 5.32 Å². The second kappa shape index (κ2) is 5.58. The first-order valence-electron chi connectivity index (χ1n) is 8.07. The van der Waals surface area contributed by atoms with Crippen LogP contribution in [0.25, 0.3) is 11.0 Å². The minimum absolute atomic E-state index is 0.00813. The Morgan fingerprint density at radius 2 is 2.00 bits per heavy atom. The highest BCUT2D eigenvalue weighted by Gasteiger charge is 2.13. The summed E-state index contributed by atoms with van der Waals surface area (Å²) in [4.78, 5) is 12.3. The molecule has 1 aromatic heterocycles. The minimum atomic E-state index is -0.00813. The van der Waals surface area contributed by atoms with Crippen LogP contribution in [0.4, 0.5) is 5.69 Å². The lowest BCUT2D eigenvalue weighted by Crippen LogP contribution is -2.14. The van der Waals surface area contributed by atoms with Crippen molar-refractivity contribution in [3.05, 3.63) is 64.9 Å². The average Bonchev–Trinajstić information content (AvgIpc) is 3.13. The van der Waals surface area contributed by atoms with Gasteiger partial charge in [-0.2, -0.15) is 0 Å². The number of aryl methyl sites for hydroxylation is 3. The Bertz CT molecular complexity index is 892. The third-order valence-electron chi connectivity index (χ3n) is 4.54. The Balaban J connectivity index is 1.51. The molecule has 1 aliphatic carbocycles. The summed E-state index contributed by atoms with van der Waals surface area (Å²) in [6, 6.07) is 12.3. The molecule has 3 aromatic rings. The Morgan fingerprint density at radius 1 is 1.13 bits per heavy atom. The largest absolute Gasteiger partial charge is 0.464 e. The average molecular weight is 305 g/mol. The standard InChI is InChI=1S/C20H19NO2/c1-13-5-8-18-16(12-23-19(18)9-13)11-20(22)21-17-7-6-14-3-2-4-15(14)10-17/h5-10,12H,2-4,11H2,1H3,(H,21,22). The third kappa shape index (κ3) is 2.74. The number of fused-ring (bicyclic) bond motifs is 2. The fourth-order valence-electron chi connectivity index (χ4n) is 3.36. The topological polar surface area (TPSA) is 42.2 Å². The van der Waals surface area contributed by atoms with Gasteiger partial charge in [0.15, 0.2) is 0 Å². The number of furan rings is 1. The van der Waals surface area contributed by atoms with E-state index in [1.165, 1.54) is 17.5 Å². The normalized spacial score (nSPS) is 13.3. The van der Waals surface area contributed by atoms with Crippen LogP contribution in [0, 0.1) is 6.92 Å². The van der Waals surface area contributed by atoms with E-state index in [0.717, 1.165) is 40.6 Å². The van der Waals surface area contributed by atoms with Gasteiger partial charge in [-0.1, -0.05) is 18.2 Å². The van der Waals surface area contributed by atoms with E-state index in [1.54, 1.807) is 6.26 Å². The summed E-state index contributed by atoms with van der Waals surface area (Å²) >= 11 is 0. The molecule has 0 aliphatic heterocycles. The van der Waals surface area contributed by atoms with Crippen molar-refractivity contribution in [2.24, 2.45) is 0 Å². The highest BCUT2D eigenvalue weighted by atomic mass is 16.3. The number of carbonyl (C=O) groups is 1. The fourth-order valence-corrected chi connectivity index (χ4v) is 3.36. The molecule has 1 N–H and O–H groups in total. The van der Waals surface area contributed by atoms with E-state index in [1.807, 2.05) is 31.2 Å². The predicted octanol–water partition coefficient (Wildman–Crippen LogP) is 4.41. The number of hydrogen-bond acceptors (Lipinski definition) is 2. The second-order valence-corrected chi connectivity index (χ2v) is 6.32. The van der Waals surface area contributed by atoms with Gasteiger partial charge in [-0.25, -0.2) is 0 Å². The van der Waals surface area contributed by atoms with Crippen molar-refractivity contribution in [1.29, 1.82) is 0 Å². The summed E-state index contributed by atoms with van der Waals surface area (Å²) in [5, 5.41) is 4.02. The summed E-state index contributed by atoms with van der Waals surface area (Å²) in [5.74, 6) is -0.00813. The molecule has 0 saturated carbocycles. The minimum Gasteiger partial charge on any atom is -0.464 e. The van der Waals surface area contributed by atoms with Gasteiger partial charge in [0.2, 0.25) is 5.91 Å². The van der Waals surface area contributed by atoms with Crippen molar-refractivity contribution in [2.45, 2.75) is 32.6 Å². The number of rotatable bonds is 3. The molecule has 0 saturated heterocycles. The maximum absolute atomic E-state index is 12.3. The first kappa shape index (κ1) is 14.1. The van der Waals surface area contributed by atoms with Crippen LogP contribution in [0.5, 0.6) is 0 Å². The lowest BCUT2D eigenvalue weighted by Gasteiger charge is -2.07. The Kier molecular flexibility index (Phi) is 3.41. The molecule has 1 aliphatic rings. The molecule has 4 rings (SSSR count).